The van der Waals surface area contributed by atoms with Crippen molar-refractivity contribution in [3.8, 4) is 0 Å². The fourth-order valence-electron chi connectivity index (χ4n) is 2.18. The van der Waals surface area contributed by atoms with Crippen LogP contribution in [0.15, 0.2) is 22.7 Å². The number of nitrogen functional groups attached to an aromatic ring is 1. The van der Waals surface area contributed by atoms with E-state index in [1.165, 1.54) is 51.4 Å². The number of hydrogen-bond donors (Lipinski definition) is 2. The summed E-state index contributed by atoms with van der Waals surface area (Å²) in [5, 5.41) is 3.41. The van der Waals surface area contributed by atoms with Gasteiger partial charge in [-0.2, -0.15) is 0 Å². The molecule has 0 radical (unpaired) electrons. The van der Waals surface area contributed by atoms with Crippen molar-refractivity contribution in [2.24, 2.45) is 0 Å². The van der Waals surface area contributed by atoms with Crippen LogP contribution in [0.3, 0.4) is 0 Å². The van der Waals surface area contributed by atoms with Crippen LogP contribution in [0, 0.1) is 0 Å². The molecule has 1 rings (SSSR count). The van der Waals surface area contributed by atoms with Gasteiger partial charge < -0.3 is 11.1 Å². The molecule has 108 valence electrons. The van der Waals surface area contributed by atoms with Gasteiger partial charge in [0.2, 0.25) is 0 Å². The average molecular weight is 327 g/mol. The number of rotatable bonds is 10. The number of nitrogens with two attached hydrogens (primary N) is 1. The largest absolute Gasteiger partial charge is 0.397 e. The van der Waals surface area contributed by atoms with Crippen LogP contribution < -0.4 is 11.1 Å². The summed E-state index contributed by atoms with van der Waals surface area (Å²) in [7, 11) is 0. The molecule has 0 amide bonds. The van der Waals surface area contributed by atoms with E-state index in [2.05, 4.69) is 28.2 Å². The van der Waals surface area contributed by atoms with Crippen molar-refractivity contribution in [1.29, 1.82) is 0 Å². The summed E-state index contributed by atoms with van der Waals surface area (Å²) in [5.74, 6) is 0. The molecule has 19 heavy (non-hydrogen) atoms. The van der Waals surface area contributed by atoms with Crippen LogP contribution in [0.2, 0.25) is 0 Å². The number of unbranched alkanes of at least 4 members (excludes halogenated alkanes) is 7. The third kappa shape index (κ3) is 7.46. The molecule has 0 atom stereocenters. The van der Waals surface area contributed by atoms with E-state index in [-0.39, 0.29) is 0 Å². The van der Waals surface area contributed by atoms with Crippen LogP contribution in [0.5, 0.6) is 0 Å². The summed E-state index contributed by atoms with van der Waals surface area (Å²) >= 11 is 3.42. The van der Waals surface area contributed by atoms with Gasteiger partial charge in [-0.1, -0.05) is 67.8 Å². The fraction of sp³-hybridized carbons (Fsp3) is 0.625. The topological polar surface area (TPSA) is 38.0 Å². The molecule has 0 aliphatic carbocycles. The third-order valence-corrected chi connectivity index (χ3v) is 3.85. The Labute approximate surface area is 126 Å². The second-order valence-corrected chi connectivity index (χ2v) is 6.05. The molecule has 0 fully saturated rings. The first-order chi connectivity index (χ1) is 9.24. The number of anilines is 2. The van der Waals surface area contributed by atoms with Crippen LogP contribution in [0.25, 0.3) is 0 Å². The van der Waals surface area contributed by atoms with Gasteiger partial charge in [0, 0.05) is 11.0 Å². The number of benzene rings is 1. The van der Waals surface area contributed by atoms with Crippen LogP contribution >= 0.6 is 15.9 Å². The van der Waals surface area contributed by atoms with Crippen molar-refractivity contribution in [2.45, 2.75) is 58.3 Å². The molecule has 1 aromatic rings. The van der Waals surface area contributed by atoms with E-state index in [1.54, 1.807) is 0 Å². The Balaban J connectivity index is 2.01. The molecular weight excluding hydrogens is 300 g/mol. The molecule has 0 unspecified atom stereocenters. The normalized spacial score (nSPS) is 10.6. The van der Waals surface area contributed by atoms with Crippen LogP contribution in [-0.2, 0) is 0 Å². The molecule has 0 saturated heterocycles. The van der Waals surface area contributed by atoms with E-state index in [0.717, 1.165) is 22.4 Å². The predicted molar refractivity (Wildman–Crippen MR) is 89.7 cm³/mol. The molecule has 0 aromatic heterocycles. The Morgan fingerprint density at radius 3 is 2.26 bits per heavy atom. The zero-order valence-corrected chi connectivity index (χ0v) is 13.6. The number of halogens is 1. The molecular formula is C16H27BrN2. The van der Waals surface area contributed by atoms with E-state index >= 15 is 0 Å². The Morgan fingerprint density at radius 1 is 1.00 bits per heavy atom. The Hall–Kier alpha value is -0.700. The Kier molecular flexibility index (Phi) is 8.72. The maximum Gasteiger partial charge on any atom is 0.0574 e. The highest BCUT2D eigenvalue weighted by molar-refractivity contribution is 9.10. The zero-order valence-electron chi connectivity index (χ0n) is 12.1. The highest BCUT2D eigenvalue weighted by Gasteiger charge is 1.98. The summed E-state index contributed by atoms with van der Waals surface area (Å²) in [6.07, 6.45) is 10.8. The predicted octanol–water partition coefficient (Wildman–Crippen LogP) is 5.58. The van der Waals surface area contributed by atoms with Gasteiger partial charge in [0.25, 0.3) is 0 Å². The highest BCUT2D eigenvalue weighted by Crippen LogP contribution is 2.22. The van der Waals surface area contributed by atoms with Crippen molar-refractivity contribution in [1.82, 2.24) is 0 Å². The minimum absolute atomic E-state index is 0.814. The molecule has 3 heteroatoms. The molecule has 0 aliphatic heterocycles. The lowest BCUT2D eigenvalue weighted by Crippen LogP contribution is -2.04. The van der Waals surface area contributed by atoms with Crippen molar-refractivity contribution in [3.63, 3.8) is 0 Å². The third-order valence-electron chi connectivity index (χ3n) is 3.36. The summed E-state index contributed by atoms with van der Waals surface area (Å²) in [6.45, 7) is 3.28. The first kappa shape index (κ1) is 16.4. The second-order valence-electron chi connectivity index (χ2n) is 5.13. The van der Waals surface area contributed by atoms with Gasteiger partial charge in [0.15, 0.2) is 0 Å². The van der Waals surface area contributed by atoms with Crippen molar-refractivity contribution < 1.29 is 0 Å². The smallest absolute Gasteiger partial charge is 0.0574 e. The standard InChI is InChI=1S/C16H27BrN2/c1-2-3-4-5-6-7-8-9-12-19-16-11-10-14(17)13-15(16)18/h10-11,13,19H,2-9,12,18H2,1H3. The van der Waals surface area contributed by atoms with Crippen LogP contribution in [0.1, 0.15) is 58.3 Å². The van der Waals surface area contributed by atoms with Gasteiger partial charge in [-0.05, 0) is 24.6 Å². The molecule has 0 heterocycles. The number of nitrogens with one attached hydrogen (secondary N) is 1. The summed E-state index contributed by atoms with van der Waals surface area (Å²) in [6, 6.07) is 5.99. The van der Waals surface area contributed by atoms with Crippen LogP contribution in [-0.4, -0.2) is 6.54 Å². The van der Waals surface area contributed by atoms with Gasteiger partial charge in [-0.3, -0.25) is 0 Å². The molecule has 0 saturated carbocycles. The van der Waals surface area contributed by atoms with Gasteiger partial charge in [0.1, 0.15) is 0 Å². The van der Waals surface area contributed by atoms with Gasteiger partial charge in [0.05, 0.1) is 11.4 Å². The minimum Gasteiger partial charge on any atom is -0.397 e. The molecule has 0 spiro atoms. The first-order valence-electron chi connectivity index (χ1n) is 7.53. The molecule has 3 N–H and O–H groups in total. The van der Waals surface area contributed by atoms with E-state index in [9.17, 15) is 0 Å². The first-order valence-corrected chi connectivity index (χ1v) is 8.32. The molecule has 1 aromatic carbocycles. The Bertz CT molecular complexity index is 353. The average Bonchev–Trinajstić information content (AvgIpc) is 2.39. The lowest BCUT2D eigenvalue weighted by atomic mass is 10.1. The van der Waals surface area contributed by atoms with Crippen molar-refractivity contribution >= 4 is 27.3 Å². The zero-order chi connectivity index (χ0) is 13.9. The maximum absolute atomic E-state index is 5.94. The summed E-state index contributed by atoms with van der Waals surface area (Å²) in [4.78, 5) is 0. The Morgan fingerprint density at radius 2 is 1.63 bits per heavy atom. The second kappa shape index (κ2) is 10.1. The molecule has 0 aliphatic rings. The van der Waals surface area contributed by atoms with Crippen molar-refractivity contribution in [2.75, 3.05) is 17.6 Å². The SMILES string of the molecule is CCCCCCCCCCNc1ccc(Br)cc1N. The number of hydrogen-bond acceptors (Lipinski definition) is 2. The minimum atomic E-state index is 0.814. The maximum atomic E-state index is 5.94. The highest BCUT2D eigenvalue weighted by atomic mass is 79.9. The fourth-order valence-corrected chi connectivity index (χ4v) is 2.56. The molecule has 0 bridgehead atoms. The lowest BCUT2D eigenvalue weighted by molar-refractivity contribution is 0.581. The monoisotopic (exact) mass is 326 g/mol. The van der Waals surface area contributed by atoms with E-state index in [4.69, 9.17) is 5.73 Å². The van der Waals surface area contributed by atoms with Gasteiger partial charge in [-0.15, -0.1) is 0 Å². The van der Waals surface area contributed by atoms with Crippen LogP contribution in [0.4, 0.5) is 11.4 Å². The van der Waals surface area contributed by atoms with Gasteiger partial charge in [-0.25, -0.2) is 0 Å². The molecule has 2 nitrogen and oxygen atoms in total. The van der Waals surface area contributed by atoms with Gasteiger partial charge >= 0.3 is 0 Å². The lowest BCUT2D eigenvalue weighted by Gasteiger charge is -2.09. The van der Waals surface area contributed by atoms with Crippen molar-refractivity contribution in [3.05, 3.63) is 22.7 Å². The summed E-state index contributed by atoms with van der Waals surface area (Å²) < 4.78 is 1.03. The van der Waals surface area contributed by atoms with E-state index < -0.39 is 0 Å². The van der Waals surface area contributed by atoms with E-state index in [0.29, 0.717) is 0 Å². The quantitative estimate of drug-likeness (QED) is 0.434. The van der Waals surface area contributed by atoms with E-state index in [1.807, 2.05) is 18.2 Å². The summed E-state index contributed by atoms with van der Waals surface area (Å²) in [5.41, 5.74) is 7.80.